The van der Waals surface area contributed by atoms with E-state index in [1.807, 2.05) is 46.6 Å². The minimum absolute atomic E-state index is 0.0948. The van der Waals surface area contributed by atoms with E-state index in [2.05, 4.69) is 38.9 Å². The molecule has 42 heavy (non-hydrogen) atoms. The van der Waals surface area contributed by atoms with Crippen molar-refractivity contribution in [3.05, 3.63) is 89.0 Å². The molecule has 11 heteroatoms. The second kappa shape index (κ2) is 12.2. The van der Waals surface area contributed by atoms with Crippen molar-refractivity contribution in [3.8, 4) is 11.8 Å². The Morgan fingerprint density at radius 1 is 1.00 bits per heavy atom. The molecular weight excluding hydrogens is 543 g/mol. The molecule has 0 unspecified atom stereocenters. The van der Waals surface area contributed by atoms with Crippen LogP contribution in [0.4, 0.5) is 24.7 Å². The monoisotopic (exact) mass is 575 g/mol. The Hall–Kier alpha value is -4.40. The molecule has 0 bridgehead atoms. The van der Waals surface area contributed by atoms with Crippen LogP contribution in [0.15, 0.2) is 61.1 Å². The van der Waals surface area contributed by atoms with Gasteiger partial charge in [0.15, 0.2) is 0 Å². The number of alkyl halides is 3. The van der Waals surface area contributed by atoms with E-state index in [0.717, 1.165) is 37.0 Å². The van der Waals surface area contributed by atoms with Crippen LogP contribution in [0.5, 0.6) is 0 Å². The number of halogens is 3. The number of likely N-dealkylation sites (N-methyl/N-ethyl adjacent to an activating group) is 1. The van der Waals surface area contributed by atoms with E-state index < -0.39 is 17.6 Å². The van der Waals surface area contributed by atoms with Gasteiger partial charge in [-0.3, -0.25) is 14.1 Å². The van der Waals surface area contributed by atoms with Crippen LogP contribution in [0.3, 0.4) is 0 Å². The molecule has 218 valence electrons. The van der Waals surface area contributed by atoms with Crippen LogP contribution >= 0.6 is 0 Å². The number of nitrogens with one attached hydrogen (secondary N) is 1. The number of aromatic nitrogens is 3. The van der Waals surface area contributed by atoms with Crippen molar-refractivity contribution in [3.63, 3.8) is 0 Å². The number of carbonyl (C=O) groups excluding carboxylic acids is 1. The van der Waals surface area contributed by atoms with Crippen molar-refractivity contribution in [2.45, 2.75) is 19.6 Å². The Morgan fingerprint density at radius 2 is 1.76 bits per heavy atom. The summed E-state index contributed by atoms with van der Waals surface area (Å²) in [7, 11) is 3.90. The van der Waals surface area contributed by atoms with Gasteiger partial charge in [0.05, 0.1) is 17.4 Å². The van der Waals surface area contributed by atoms with Crippen LogP contribution in [-0.4, -0.2) is 76.9 Å². The first-order valence-corrected chi connectivity index (χ1v) is 13.7. The Labute approximate surface area is 242 Å². The fraction of sp³-hybridized carbons (Fsp3) is 0.323. The quantitative estimate of drug-likeness (QED) is 0.339. The maximum atomic E-state index is 14.0. The van der Waals surface area contributed by atoms with Gasteiger partial charge in [0.2, 0.25) is 0 Å². The molecule has 3 aromatic heterocycles. The van der Waals surface area contributed by atoms with Gasteiger partial charge in [-0.05, 0) is 54.4 Å². The zero-order valence-electron chi connectivity index (χ0n) is 23.7. The molecule has 1 fully saturated rings. The van der Waals surface area contributed by atoms with E-state index in [1.54, 1.807) is 18.3 Å². The van der Waals surface area contributed by atoms with Crippen molar-refractivity contribution in [2.24, 2.45) is 0 Å². The normalized spacial score (nSPS) is 14.4. The Balaban J connectivity index is 1.31. The lowest BCUT2D eigenvalue weighted by atomic mass is 10.0. The molecule has 1 N–H and O–H groups in total. The van der Waals surface area contributed by atoms with Gasteiger partial charge in [0.1, 0.15) is 17.2 Å². The zero-order chi connectivity index (χ0) is 29.9. The number of imidazole rings is 1. The van der Waals surface area contributed by atoms with Gasteiger partial charge in [0.25, 0.3) is 5.91 Å². The number of pyridine rings is 2. The van der Waals surface area contributed by atoms with Gasteiger partial charge < -0.3 is 15.1 Å². The number of amides is 1. The molecule has 0 spiro atoms. The first kappa shape index (κ1) is 29.1. The summed E-state index contributed by atoms with van der Waals surface area (Å²) in [6.07, 6.45) is 0.520. The summed E-state index contributed by atoms with van der Waals surface area (Å²) in [5.74, 6) is 5.65. The van der Waals surface area contributed by atoms with Gasteiger partial charge in [-0.2, -0.15) is 13.2 Å². The Bertz CT molecular complexity index is 1640. The lowest BCUT2D eigenvalue weighted by molar-refractivity contribution is -0.138. The van der Waals surface area contributed by atoms with E-state index in [4.69, 9.17) is 0 Å². The highest BCUT2D eigenvalue weighted by atomic mass is 19.4. The molecule has 1 aliphatic rings. The molecule has 0 saturated carbocycles. The van der Waals surface area contributed by atoms with Crippen LogP contribution in [0, 0.1) is 11.8 Å². The number of piperazine rings is 1. The summed E-state index contributed by atoms with van der Waals surface area (Å²) in [6.45, 7) is 6.23. The van der Waals surface area contributed by atoms with Crippen molar-refractivity contribution >= 4 is 23.1 Å². The highest BCUT2D eigenvalue weighted by Crippen LogP contribution is 2.33. The summed E-state index contributed by atoms with van der Waals surface area (Å²) in [5.41, 5.74) is 2.28. The number of hydrogen-bond acceptors (Lipinski definition) is 6. The molecule has 4 heterocycles. The molecule has 0 aliphatic carbocycles. The first-order chi connectivity index (χ1) is 20.1. The molecule has 1 aliphatic heterocycles. The van der Waals surface area contributed by atoms with Crippen LogP contribution in [-0.2, 0) is 12.7 Å². The SMILES string of the molecule is CCN1CCN(Cc2ccc(C(=O)Nc3cc(C#Cc4cnc5ccc(N(C)C)cn45)ccn3)cc2C(F)(F)F)CC1. The van der Waals surface area contributed by atoms with Gasteiger partial charge in [-0.25, -0.2) is 9.97 Å². The maximum Gasteiger partial charge on any atom is 0.416 e. The number of fused-ring (bicyclic) bond motifs is 1. The number of carbonyl (C=O) groups is 1. The van der Waals surface area contributed by atoms with Crippen molar-refractivity contribution in [1.82, 2.24) is 24.2 Å². The molecule has 4 aromatic rings. The number of benzene rings is 1. The number of hydrogen-bond donors (Lipinski definition) is 1. The Kier molecular flexibility index (Phi) is 8.47. The fourth-order valence-electron chi connectivity index (χ4n) is 4.85. The van der Waals surface area contributed by atoms with Crippen molar-refractivity contribution in [1.29, 1.82) is 0 Å². The minimum atomic E-state index is -4.59. The summed E-state index contributed by atoms with van der Waals surface area (Å²) >= 11 is 0. The molecule has 1 saturated heterocycles. The second-order valence-corrected chi connectivity index (χ2v) is 10.4. The highest BCUT2D eigenvalue weighted by Gasteiger charge is 2.34. The first-order valence-electron chi connectivity index (χ1n) is 13.7. The van der Waals surface area contributed by atoms with Crippen LogP contribution in [0.2, 0.25) is 0 Å². The average Bonchev–Trinajstić information content (AvgIpc) is 3.38. The van der Waals surface area contributed by atoms with E-state index in [9.17, 15) is 18.0 Å². The zero-order valence-corrected chi connectivity index (χ0v) is 23.7. The Morgan fingerprint density at radius 3 is 2.48 bits per heavy atom. The smallest absolute Gasteiger partial charge is 0.376 e. The molecule has 8 nitrogen and oxygen atoms in total. The topological polar surface area (TPSA) is 69.0 Å². The van der Waals surface area contributed by atoms with Crippen LogP contribution in [0.1, 0.15) is 39.7 Å². The van der Waals surface area contributed by atoms with Gasteiger partial charge >= 0.3 is 6.18 Å². The third-order valence-electron chi connectivity index (χ3n) is 7.33. The molecular formula is C31H32F3N7O. The minimum Gasteiger partial charge on any atom is -0.376 e. The predicted octanol–water partition coefficient (Wildman–Crippen LogP) is 4.60. The third kappa shape index (κ3) is 6.73. The van der Waals surface area contributed by atoms with E-state index >= 15 is 0 Å². The molecule has 5 rings (SSSR count). The van der Waals surface area contributed by atoms with E-state index in [1.165, 1.54) is 18.3 Å². The average molecular weight is 576 g/mol. The molecule has 1 aromatic carbocycles. The van der Waals surface area contributed by atoms with Gasteiger partial charge in [0, 0.05) is 70.3 Å². The molecule has 0 radical (unpaired) electrons. The van der Waals surface area contributed by atoms with Crippen LogP contribution in [0.25, 0.3) is 5.65 Å². The van der Waals surface area contributed by atoms with E-state index in [0.29, 0.717) is 24.3 Å². The largest absolute Gasteiger partial charge is 0.416 e. The number of anilines is 2. The van der Waals surface area contributed by atoms with Crippen molar-refractivity contribution < 1.29 is 18.0 Å². The highest BCUT2D eigenvalue weighted by molar-refractivity contribution is 6.04. The maximum absolute atomic E-state index is 14.0. The number of rotatable bonds is 6. The standard InChI is InChI=1S/C31H32F3N7O/c1-4-39-13-15-40(16-14-39)20-24-7-6-23(18-27(24)31(32,33)34)30(42)37-28-17-22(11-12-35-28)5-8-25-19-36-29-10-9-26(38(2)3)21-41(25)29/h6-7,9-12,17-19,21H,4,13-16,20H2,1-3H3,(H,35,37,42). The summed E-state index contributed by atoms with van der Waals surface area (Å²) < 4.78 is 43.9. The summed E-state index contributed by atoms with van der Waals surface area (Å²) in [4.78, 5) is 27.8. The second-order valence-electron chi connectivity index (χ2n) is 10.4. The lowest BCUT2D eigenvalue weighted by Gasteiger charge is -2.34. The number of nitrogens with zero attached hydrogens (tertiary/aromatic N) is 6. The summed E-state index contributed by atoms with van der Waals surface area (Å²) in [6, 6.07) is 10.9. The van der Waals surface area contributed by atoms with Gasteiger partial charge in [-0.15, -0.1) is 0 Å². The van der Waals surface area contributed by atoms with E-state index in [-0.39, 0.29) is 23.5 Å². The fourth-order valence-corrected chi connectivity index (χ4v) is 4.85. The van der Waals surface area contributed by atoms with Crippen LogP contribution < -0.4 is 10.2 Å². The molecule has 0 atom stereocenters. The predicted molar refractivity (Wildman–Crippen MR) is 157 cm³/mol. The third-order valence-corrected chi connectivity index (χ3v) is 7.33. The lowest BCUT2D eigenvalue weighted by Crippen LogP contribution is -2.45. The van der Waals surface area contributed by atoms with Gasteiger partial charge in [-0.1, -0.05) is 18.9 Å². The summed E-state index contributed by atoms with van der Waals surface area (Å²) in [5, 5.41) is 2.61. The van der Waals surface area contributed by atoms with Crippen molar-refractivity contribution in [2.75, 3.05) is 57.0 Å². The molecule has 1 amide bonds.